The normalized spacial score (nSPS) is 10.5. The average molecular weight is 255 g/mol. The predicted molar refractivity (Wildman–Crippen MR) is 74.2 cm³/mol. The molecule has 1 aromatic heterocycles. The number of hydrogen-bond donors (Lipinski definition) is 2. The third-order valence-corrected chi connectivity index (χ3v) is 2.28. The molecule has 0 unspecified atom stereocenters. The molecule has 94 valence electrons. The maximum Gasteiger partial charge on any atom is 0.129 e. The molecular weight excluding hydrogens is 236 g/mol. The Morgan fingerprint density at radius 1 is 1.53 bits per heavy atom. The number of aromatic nitrogens is 1. The molecule has 3 nitrogen and oxygen atoms in total. The molecule has 0 aromatic carbocycles. The van der Waals surface area contributed by atoms with Gasteiger partial charge >= 0.3 is 0 Å². The lowest BCUT2D eigenvalue weighted by molar-refractivity contribution is 0.399. The molecule has 1 rings (SSSR count). The third kappa shape index (κ3) is 5.63. The molecule has 0 saturated heterocycles. The minimum Gasteiger partial charge on any atom is -0.400 e. The zero-order valence-corrected chi connectivity index (χ0v) is 11.3. The number of halogens is 1. The van der Waals surface area contributed by atoms with Crippen LogP contribution in [0.25, 0.3) is 6.08 Å². The highest BCUT2D eigenvalue weighted by molar-refractivity contribution is 6.29. The summed E-state index contributed by atoms with van der Waals surface area (Å²) in [6.45, 7) is 6.54. The van der Waals surface area contributed by atoms with Crippen molar-refractivity contribution in [1.29, 1.82) is 0 Å². The number of aliphatic hydroxyl groups is 1. The zero-order valence-electron chi connectivity index (χ0n) is 10.5. The van der Waals surface area contributed by atoms with Crippen LogP contribution in [0.15, 0.2) is 30.4 Å². The molecule has 0 radical (unpaired) electrons. The van der Waals surface area contributed by atoms with Crippen molar-refractivity contribution in [2.75, 3.05) is 20.7 Å². The smallest absolute Gasteiger partial charge is 0.129 e. The van der Waals surface area contributed by atoms with Gasteiger partial charge in [-0.1, -0.05) is 30.3 Å². The van der Waals surface area contributed by atoms with E-state index in [1.807, 2.05) is 32.2 Å². The Bertz CT molecular complexity index is 389. The van der Waals surface area contributed by atoms with E-state index in [-0.39, 0.29) is 0 Å². The van der Waals surface area contributed by atoms with Gasteiger partial charge < -0.3 is 10.4 Å². The Balaban J connectivity index is 0.00000121. The van der Waals surface area contributed by atoms with Crippen molar-refractivity contribution in [3.63, 3.8) is 0 Å². The van der Waals surface area contributed by atoms with Crippen LogP contribution in [0.3, 0.4) is 0 Å². The van der Waals surface area contributed by atoms with Crippen molar-refractivity contribution >= 4 is 17.7 Å². The summed E-state index contributed by atoms with van der Waals surface area (Å²) in [6.07, 6.45) is 3.81. The van der Waals surface area contributed by atoms with Crippen LogP contribution < -0.4 is 5.32 Å². The highest BCUT2D eigenvalue weighted by Crippen LogP contribution is 2.14. The van der Waals surface area contributed by atoms with Crippen LogP contribution in [0.1, 0.15) is 11.3 Å². The minimum atomic E-state index is 0.514. The Kier molecular flexibility index (Phi) is 8.32. The maximum atomic E-state index is 7.00. The molecule has 1 heterocycles. The van der Waals surface area contributed by atoms with Gasteiger partial charge in [-0.3, -0.25) is 0 Å². The molecule has 2 N–H and O–H groups in total. The molecular formula is C13H19ClN2O. The van der Waals surface area contributed by atoms with Gasteiger partial charge in [0.05, 0.1) is 5.69 Å². The molecule has 0 saturated carbocycles. The summed E-state index contributed by atoms with van der Waals surface area (Å²) in [7, 11) is 2.90. The van der Waals surface area contributed by atoms with Crippen molar-refractivity contribution < 1.29 is 5.11 Å². The summed E-state index contributed by atoms with van der Waals surface area (Å²) < 4.78 is 0. The third-order valence-electron chi connectivity index (χ3n) is 2.07. The number of likely N-dealkylation sites (N-methyl/N-ethyl adjacent to an activating group) is 1. The standard InChI is InChI=1S/C12H15ClN2.CH4O/c1-4-10(8-14-3)7-11-9(2)5-6-12(13)15-11;1-2/h4-7,14H,1,8H2,2-3H3;2H,1H3/b10-7+;. The summed E-state index contributed by atoms with van der Waals surface area (Å²) in [5.41, 5.74) is 3.10. The van der Waals surface area contributed by atoms with Crippen LogP contribution in [0.2, 0.25) is 5.15 Å². The first-order valence-electron chi connectivity index (χ1n) is 5.23. The number of rotatable bonds is 4. The van der Waals surface area contributed by atoms with Gasteiger partial charge in [-0.25, -0.2) is 4.98 Å². The quantitative estimate of drug-likeness (QED) is 0.641. The first kappa shape index (κ1) is 15.8. The lowest BCUT2D eigenvalue weighted by atomic mass is 10.1. The van der Waals surface area contributed by atoms with E-state index in [9.17, 15) is 0 Å². The highest BCUT2D eigenvalue weighted by Gasteiger charge is 1.99. The first-order valence-corrected chi connectivity index (χ1v) is 5.60. The van der Waals surface area contributed by atoms with Gasteiger partial charge in [0.15, 0.2) is 0 Å². The van der Waals surface area contributed by atoms with Crippen LogP contribution >= 0.6 is 11.6 Å². The Morgan fingerprint density at radius 2 is 2.18 bits per heavy atom. The fraction of sp³-hybridized carbons (Fsp3) is 0.308. The van der Waals surface area contributed by atoms with Crippen molar-refractivity contribution in [3.8, 4) is 0 Å². The molecule has 1 aromatic rings. The van der Waals surface area contributed by atoms with E-state index in [1.165, 1.54) is 0 Å². The molecule has 0 atom stereocenters. The topological polar surface area (TPSA) is 45.2 Å². The molecule has 4 heteroatoms. The van der Waals surface area contributed by atoms with E-state index in [0.717, 1.165) is 30.5 Å². The second kappa shape index (κ2) is 8.93. The number of nitrogens with zero attached hydrogens (tertiary/aromatic N) is 1. The van der Waals surface area contributed by atoms with E-state index < -0.39 is 0 Å². The number of aliphatic hydroxyl groups excluding tert-OH is 1. The van der Waals surface area contributed by atoms with E-state index in [4.69, 9.17) is 16.7 Å². The Labute approximate surface area is 108 Å². The predicted octanol–water partition coefficient (Wildman–Crippen LogP) is 2.44. The van der Waals surface area contributed by atoms with Crippen LogP contribution in [0.4, 0.5) is 0 Å². The van der Waals surface area contributed by atoms with Gasteiger partial charge in [0.1, 0.15) is 5.15 Å². The molecule has 0 amide bonds. The maximum absolute atomic E-state index is 7.00. The van der Waals surface area contributed by atoms with Gasteiger partial charge in [-0.15, -0.1) is 0 Å². The van der Waals surface area contributed by atoms with E-state index in [2.05, 4.69) is 16.9 Å². The van der Waals surface area contributed by atoms with Gasteiger partial charge in [0.2, 0.25) is 0 Å². The zero-order chi connectivity index (χ0) is 13.3. The molecule has 0 spiro atoms. The monoisotopic (exact) mass is 254 g/mol. The SMILES string of the molecule is C=C/C(=C\c1nc(Cl)ccc1C)CNC.CO. The van der Waals surface area contributed by atoms with Crippen molar-refractivity contribution in [3.05, 3.63) is 46.8 Å². The number of pyridine rings is 1. The van der Waals surface area contributed by atoms with Gasteiger partial charge in [-0.05, 0) is 37.3 Å². The first-order chi connectivity index (χ1) is 8.17. The number of aryl methyl sites for hydroxylation is 1. The van der Waals surface area contributed by atoms with Gasteiger partial charge in [-0.2, -0.15) is 0 Å². The summed E-state index contributed by atoms with van der Waals surface area (Å²) in [6, 6.07) is 3.75. The molecule has 17 heavy (non-hydrogen) atoms. The van der Waals surface area contributed by atoms with Gasteiger partial charge in [0, 0.05) is 13.7 Å². The largest absolute Gasteiger partial charge is 0.400 e. The summed E-state index contributed by atoms with van der Waals surface area (Å²) in [5.74, 6) is 0. The van der Waals surface area contributed by atoms with E-state index in [1.54, 1.807) is 6.07 Å². The van der Waals surface area contributed by atoms with Crippen molar-refractivity contribution in [2.45, 2.75) is 6.92 Å². The molecule has 0 fully saturated rings. The molecule has 0 bridgehead atoms. The Morgan fingerprint density at radius 3 is 2.71 bits per heavy atom. The van der Waals surface area contributed by atoms with Crippen LogP contribution in [0.5, 0.6) is 0 Å². The van der Waals surface area contributed by atoms with Crippen molar-refractivity contribution in [1.82, 2.24) is 10.3 Å². The minimum absolute atomic E-state index is 0.514. The van der Waals surface area contributed by atoms with Gasteiger partial charge in [0.25, 0.3) is 0 Å². The van der Waals surface area contributed by atoms with E-state index in [0.29, 0.717) is 5.15 Å². The second-order valence-corrected chi connectivity index (χ2v) is 3.68. The fourth-order valence-corrected chi connectivity index (χ4v) is 1.38. The lowest BCUT2D eigenvalue weighted by Crippen LogP contribution is -2.09. The summed E-state index contributed by atoms with van der Waals surface area (Å²) in [5, 5.41) is 10.6. The number of hydrogen-bond acceptors (Lipinski definition) is 3. The van der Waals surface area contributed by atoms with Crippen LogP contribution in [-0.4, -0.2) is 30.8 Å². The number of nitrogens with one attached hydrogen (secondary N) is 1. The average Bonchev–Trinajstić information content (AvgIpc) is 2.35. The highest BCUT2D eigenvalue weighted by atomic mass is 35.5. The van der Waals surface area contributed by atoms with Crippen LogP contribution in [-0.2, 0) is 0 Å². The summed E-state index contributed by atoms with van der Waals surface area (Å²) in [4.78, 5) is 4.26. The van der Waals surface area contributed by atoms with E-state index >= 15 is 0 Å². The second-order valence-electron chi connectivity index (χ2n) is 3.29. The van der Waals surface area contributed by atoms with Crippen LogP contribution in [0, 0.1) is 6.92 Å². The fourth-order valence-electron chi connectivity index (χ4n) is 1.23. The molecule has 0 aliphatic carbocycles. The molecule has 0 aliphatic heterocycles. The lowest BCUT2D eigenvalue weighted by Gasteiger charge is -2.03. The summed E-state index contributed by atoms with van der Waals surface area (Å²) >= 11 is 5.84. The molecule has 0 aliphatic rings. The van der Waals surface area contributed by atoms with Crippen molar-refractivity contribution in [2.24, 2.45) is 0 Å². The Hall–Kier alpha value is -1.16.